The van der Waals surface area contributed by atoms with E-state index >= 15 is 0 Å². The van der Waals surface area contributed by atoms with Crippen molar-refractivity contribution in [2.45, 2.75) is 44.9 Å². The number of hydrogen-bond acceptors (Lipinski definition) is 3. The molecule has 126 valence electrons. The molecule has 1 aromatic rings. The molecule has 1 heterocycles. The topological polar surface area (TPSA) is 79.5 Å². The third kappa shape index (κ3) is 6.28. The molecule has 0 spiro atoms. The summed E-state index contributed by atoms with van der Waals surface area (Å²) in [5, 5.41) is 8.33. The summed E-state index contributed by atoms with van der Waals surface area (Å²) in [6.45, 7) is 3.48. The van der Waals surface area contributed by atoms with Gasteiger partial charge in [-0.15, -0.1) is 0 Å². The third-order valence-electron chi connectivity index (χ3n) is 3.70. The summed E-state index contributed by atoms with van der Waals surface area (Å²) in [5.41, 5.74) is 1.10. The highest BCUT2D eigenvalue weighted by atomic mass is 16.5. The smallest absolute Gasteiger partial charge is 0.315 e. The van der Waals surface area contributed by atoms with Crippen molar-refractivity contribution >= 4 is 11.9 Å². The largest absolute Gasteiger partial charge is 0.375 e. The lowest BCUT2D eigenvalue weighted by atomic mass is 10.1. The Kier molecular flexibility index (Phi) is 6.87. The number of hydrogen-bond donors (Lipinski definition) is 3. The summed E-state index contributed by atoms with van der Waals surface area (Å²) in [5.74, 6) is -0.106. The van der Waals surface area contributed by atoms with Gasteiger partial charge >= 0.3 is 6.03 Å². The minimum Gasteiger partial charge on any atom is -0.375 e. The number of nitrogens with one attached hydrogen (secondary N) is 3. The zero-order chi connectivity index (χ0) is 16.5. The van der Waals surface area contributed by atoms with E-state index in [2.05, 4.69) is 16.0 Å². The summed E-state index contributed by atoms with van der Waals surface area (Å²) in [6, 6.07) is 8.97. The summed E-state index contributed by atoms with van der Waals surface area (Å²) < 4.78 is 5.59. The van der Waals surface area contributed by atoms with E-state index in [-0.39, 0.29) is 18.0 Å². The van der Waals surface area contributed by atoms with Crippen LogP contribution in [0.25, 0.3) is 0 Å². The van der Waals surface area contributed by atoms with Gasteiger partial charge in [0.15, 0.2) is 0 Å². The fraction of sp³-hybridized carbons (Fsp3) is 0.529. The van der Waals surface area contributed by atoms with Gasteiger partial charge in [-0.1, -0.05) is 30.3 Å². The Bertz CT molecular complexity index is 507. The molecule has 1 aliphatic rings. The third-order valence-corrected chi connectivity index (χ3v) is 3.70. The summed E-state index contributed by atoms with van der Waals surface area (Å²) in [6.07, 6.45) is 2.56. The van der Waals surface area contributed by atoms with Crippen LogP contribution in [0.15, 0.2) is 30.3 Å². The van der Waals surface area contributed by atoms with Gasteiger partial charge in [-0.2, -0.15) is 0 Å². The van der Waals surface area contributed by atoms with Gasteiger partial charge in [0, 0.05) is 6.54 Å². The molecule has 0 unspecified atom stereocenters. The molecule has 0 bridgehead atoms. The van der Waals surface area contributed by atoms with Crippen molar-refractivity contribution in [2.24, 2.45) is 0 Å². The minimum atomic E-state index is -0.449. The first-order valence-electron chi connectivity index (χ1n) is 8.11. The maximum atomic E-state index is 12.0. The van der Waals surface area contributed by atoms with Crippen LogP contribution >= 0.6 is 0 Å². The second kappa shape index (κ2) is 9.15. The van der Waals surface area contributed by atoms with Crippen molar-refractivity contribution in [3.05, 3.63) is 35.9 Å². The molecule has 1 aliphatic heterocycles. The van der Waals surface area contributed by atoms with Crippen molar-refractivity contribution in [1.29, 1.82) is 0 Å². The van der Waals surface area contributed by atoms with Crippen LogP contribution < -0.4 is 16.0 Å². The van der Waals surface area contributed by atoms with Gasteiger partial charge in [-0.05, 0) is 31.7 Å². The SMILES string of the molecule is C[C@H](COCc1ccccc1)NC(=O)N[C@H]1CCCCNC1=O. The van der Waals surface area contributed by atoms with E-state index in [4.69, 9.17) is 4.74 Å². The molecular formula is C17H25N3O3. The van der Waals surface area contributed by atoms with Gasteiger partial charge in [0.2, 0.25) is 5.91 Å². The Morgan fingerprint density at radius 3 is 2.91 bits per heavy atom. The van der Waals surface area contributed by atoms with E-state index in [1.54, 1.807) is 0 Å². The Morgan fingerprint density at radius 1 is 1.35 bits per heavy atom. The Labute approximate surface area is 137 Å². The minimum absolute atomic E-state index is 0.106. The van der Waals surface area contributed by atoms with Gasteiger partial charge in [0.25, 0.3) is 0 Å². The lowest BCUT2D eigenvalue weighted by Gasteiger charge is -2.19. The molecule has 1 saturated heterocycles. The Hall–Kier alpha value is -2.08. The van der Waals surface area contributed by atoms with Crippen LogP contribution in [-0.4, -0.2) is 37.2 Å². The number of carbonyl (C=O) groups excluding carboxylic acids is 2. The van der Waals surface area contributed by atoms with Crippen molar-refractivity contribution < 1.29 is 14.3 Å². The standard InChI is InChI=1S/C17H25N3O3/c1-13(11-23-12-14-7-3-2-4-8-14)19-17(22)20-15-9-5-6-10-18-16(15)21/h2-4,7-8,13,15H,5-6,9-12H2,1H3,(H,18,21)(H2,19,20,22)/t13-,15+/m1/s1. The van der Waals surface area contributed by atoms with Gasteiger partial charge in [0.1, 0.15) is 6.04 Å². The van der Waals surface area contributed by atoms with Crippen LogP contribution in [0.2, 0.25) is 0 Å². The van der Waals surface area contributed by atoms with E-state index in [1.807, 2.05) is 37.3 Å². The fourth-order valence-electron chi connectivity index (χ4n) is 2.47. The number of urea groups is 1. The lowest BCUT2D eigenvalue weighted by Crippen LogP contribution is -2.51. The van der Waals surface area contributed by atoms with Crippen molar-refractivity contribution in [3.8, 4) is 0 Å². The highest BCUT2D eigenvalue weighted by Crippen LogP contribution is 2.05. The first-order valence-corrected chi connectivity index (χ1v) is 8.11. The van der Waals surface area contributed by atoms with Crippen LogP contribution in [-0.2, 0) is 16.1 Å². The van der Waals surface area contributed by atoms with Crippen LogP contribution in [0.3, 0.4) is 0 Å². The molecule has 6 heteroatoms. The summed E-state index contributed by atoms with van der Waals surface area (Å²) in [4.78, 5) is 23.7. The number of benzene rings is 1. The monoisotopic (exact) mass is 319 g/mol. The van der Waals surface area contributed by atoms with Crippen molar-refractivity contribution in [1.82, 2.24) is 16.0 Å². The molecule has 0 radical (unpaired) electrons. The maximum Gasteiger partial charge on any atom is 0.315 e. The molecular weight excluding hydrogens is 294 g/mol. The van der Waals surface area contributed by atoms with Crippen LogP contribution in [0.4, 0.5) is 4.79 Å². The number of ether oxygens (including phenoxy) is 1. The summed E-state index contributed by atoms with van der Waals surface area (Å²) >= 11 is 0. The van der Waals surface area contributed by atoms with Gasteiger partial charge < -0.3 is 20.7 Å². The molecule has 6 nitrogen and oxygen atoms in total. The molecule has 0 aliphatic carbocycles. The maximum absolute atomic E-state index is 12.0. The van der Waals surface area contributed by atoms with Crippen LogP contribution in [0.1, 0.15) is 31.7 Å². The normalized spacial score (nSPS) is 19.3. The molecule has 3 N–H and O–H groups in total. The molecule has 2 atom stereocenters. The zero-order valence-corrected chi connectivity index (χ0v) is 13.5. The van der Waals surface area contributed by atoms with Crippen molar-refractivity contribution in [3.63, 3.8) is 0 Å². The van der Waals surface area contributed by atoms with Gasteiger partial charge in [-0.3, -0.25) is 4.79 Å². The zero-order valence-electron chi connectivity index (χ0n) is 13.5. The quantitative estimate of drug-likeness (QED) is 0.744. The van der Waals surface area contributed by atoms with E-state index in [0.717, 1.165) is 18.4 Å². The second-order valence-corrected chi connectivity index (χ2v) is 5.86. The van der Waals surface area contributed by atoms with E-state index in [0.29, 0.717) is 26.2 Å². The average molecular weight is 319 g/mol. The van der Waals surface area contributed by atoms with Crippen molar-refractivity contribution in [2.75, 3.05) is 13.2 Å². The highest BCUT2D eigenvalue weighted by molar-refractivity contribution is 5.87. The van der Waals surface area contributed by atoms with Gasteiger partial charge in [-0.25, -0.2) is 4.79 Å². The van der Waals surface area contributed by atoms with Crippen LogP contribution in [0, 0.1) is 0 Å². The number of rotatable bonds is 6. The second-order valence-electron chi connectivity index (χ2n) is 5.86. The first-order chi connectivity index (χ1) is 11.1. The fourth-order valence-corrected chi connectivity index (χ4v) is 2.47. The lowest BCUT2D eigenvalue weighted by molar-refractivity contribution is -0.122. The number of amides is 3. The van der Waals surface area contributed by atoms with E-state index < -0.39 is 6.04 Å². The van der Waals surface area contributed by atoms with Gasteiger partial charge in [0.05, 0.1) is 19.3 Å². The predicted molar refractivity (Wildman–Crippen MR) is 87.9 cm³/mol. The molecule has 1 fully saturated rings. The molecule has 23 heavy (non-hydrogen) atoms. The Balaban J connectivity index is 1.66. The molecule has 0 saturated carbocycles. The van der Waals surface area contributed by atoms with E-state index in [9.17, 15) is 9.59 Å². The molecule has 0 aromatic heterocycles. The predicted octanol–water partition coefficient (Wildman–Crippen LogP) is 1.56. The summed E-state index contributed by atoms with van der Waals surface area (Å²) in [7, 11) is 0. The molecule has 1 aromatic carbocycles. The Morgan fingerprint density at radius 2 is 2.13 bits per heavy atom. The number of carbonyl (C=O) groups is 2. The molecule has 3 amide bonds. The average Bonchev–Trinajstić information content (AvgIpc) is 2.73. The molecule has 2 rings (SSSR count). The highest BCUT2D eigenvalue weighted by Gasteiger charge is 2.22. The van der Waals surface area contributed by atoms with E-state index in [1.165, 1.54) is 0 Å². The van der Waals surface area contributed by atoms with Crippen LogP contribution in [0.5, 0.6) is 0 Å². The first kappa shape index (κ1) is 17.3.